The van der Waals surface area contributed by atoms with Crippen molar-refractivity contribution in [1.82, 2.24) is 4.57 Å². The Morgan fingerprint density at radius 1 is 0.825 bits per heavy atom. The molecule has 0 aliphatic rings. The number of carboxylic acid groups (broad SMARTS) is 2. The molecule has 1 heterocycles. The van der Waals surface area contributed by atoms with Crippen molar-refractivity contribution in [3.05, 3.63) is 95.2 Å². The maximum absolute atomic E-state index is 11.5. The summed E-state index contributed by atoms with van der Waals surface area (Å²) < 4.78 is 13.5. The van der Waals surface area contributed by atoms with Gasteiger partial charge in [0.25, 0.3) is 0 Å². The molecule has 0 bridgehead atoms. The van der Waals surface area contributed by atoms with Crippen LogP contribution >= 0.6 is 0 Å². The average molecular weight is 542 g/mol. The van der Waals surface area contributed by atoms with Gasteiger partial charge in [-0.3, -0.25) is 9.59 Å². The SMILES string of the molecule is Cc1ccccc1OCCCCOc1ccc(C=Cc2cccc3c(CCCC(=O)O)cn(CC(=O)O)c23)cc1. The molecule has 0 amide bonds. The molecule has 208 valence electrons. The van der Waals surface area contributed by atoms with Crippen molar-refractivity contribution in [1.29, 1.82) is 0 Å². The number of nitrogens with zero attached hydrogens (tertiary/aromatic N) is 1. The number of carbonyl (C=O) groups is 2. The highest BCUT2D eigenvalue weighted by atomic mass is 16.5. The van der Waals surface area contributed by atoms with E-state index >= 15 is 0 Å². The molecule has 0 atom stereocenters. The van der Waals surface area contributed by atoms with E-state index in [9.17, 15) is 14.7 Å². The van der Waals surface area contributed by atoms with Crippen molar-refractivity contribution >= 4 is 35.0 Å². The van der Waals surface area contributed by atoms with Gasteiger partial charge in [0, 0.05) is 18.0 Å². The van der Waals surface area contributed by atoms with Crippen LogP contribution < -0.4 is 9.47 Å². The molecule has 4 rings (SSSR count). The number of carboxylic acids is 2. The standard InChI is InChI=1S/C33H35NO6/c1-24-8-2-3-12-30(24)40-21-5-4-20-39-28-18-15-25(16-19-28)14-17-26-9-6-11-29-27(10-7-13-31(35)36)22-34(33(26)29)23-32(37)38/h2-3,6,8-9,11-12,14-19,22H,4-5,7,10,13,20-21,23H2,1H3,(H,35,36)(H,37,38). The van der Waals surface area contributed by atoms with E-state index in [-0.39, 0.29) is 13.0 Å². The van der Waals surface area contributed by atoms with E-state index in [0.717, 1.165) is 57.5 Å². The van der Waals surface area contributed by atoms with E-state index < -0.39 is 11.9 Å². The summed E-state index contributed by atoms with van der Waals surface area (Å²) in [5.74, 6) is -0.0324. The summed E-state index contributed by atoms with van der Waals surface area (Å²) in [5, 5.41) is 19.4. The van der Waals surface area contributed by atoms with Crippen molar-refractivity contribution in [2.24, 2.45) is 0 Å². The highest BCUT2D eigenvalue weighted by Gasteiger charge is 2.13. The van der Waals surface area contributed by atoms with Gasteiger partial charge in [-0.25, -0.2) is 0 Å². The summed E-state index contributed by atoms with van der Waals surface area (Å²) in [5.41, 5.74) is 4.82. The summed E-state index contributed by atoms with van der Waals surface area (Å²) in [6.45, 7) is 3.15. The molecule has 3 aromatic carbocycles. The second-order valence-corrected chi connectivity index (χ2v) is 9.74. The smallest absolute Gasteiger partial charge is 0.323 e. The van der Waals surface area contributed by atoms with Gasteiger partial charge >= 0.3 is 11.9 Å². The van der Waals surface area contributed by atoms with Crippen LogP contribution in [0.2, 0.25) is 0 Å². The number of rotatable bonds is 15. The fourth-order valence-electron chi connectivity index (χ4n) is 4.65. The maximum atomic E-state index is 11.5. The van der Waals surface area contributed by atoms with E-state index in [2.05, 4.69) is 0 Å². The van der Waals surface area contributed by atoms with Crippen LogP contribution in [0.5, 0.6) is 11.5 Å². The van der Waals surface area contributed by atoms with E-state index in [4.69, 9.17) is 14.6 Å². The largest absolute Gasteiger partial charge is 0.494 e. The van der Waals surface area contributed by atoms with E-state index in [1.165, 1.54) is 0 Å². The lowest BCUT2D eigenvalue weighted by Gasteiger charge is -2.09. The Morgan fingerprint density at radius 3 is 2.30 bits per heavy atom. The molecule has 1 aromatic heterocycles. The lowest BCUT2D eigenvalue weighted by molar-refractivity contribution is -0.138. The van der Waals surface area contributed by atoms with Gasteiger partial charge in [-0.1, -0.05) is 60.7 Å². The van der Waals surface area contributed by atoms with Crippen molar-refractivity contribution in [2.45, 2.75) is 45.6 Å². The molecule has 0 saturated heterocycles. The minimum absolute atomic E-state index is 0.0767. The summed E-state index contributed by atoms with van der Waals surface area (Å²) in [6.07, 6.45) is 8.75. The third-order valence-corrected chi connectivity index (χ3v) is 6.65. The quantitative estimate of drug-likeness (QED) is 0.126. The first-order valence-corrected chi connectivity index (χ1v) is 13.5. The summed E-state index contributed by atoms with van der Waals surface area (Å²) in [4.78, 5) is 22.4. The Balaban J connectivity index is 1.35. The lowest BCUT2D eigenvalue weighted by Crippen LogP contribution is -2.07. The van der Waals surface area contributed by atoms with Crippen LogP contribution in [0.1, 0.15) is 47.9 Å². The van der Waals surface area contributed by atoms with Crippen molar-refractivity contribution in [3.8, 4) is 11.5 Å². The molecule has 40 heavy (non-hydrogen) atoms. The first kappa shape index (κ1) is 28.5. The Bertz CT molecular complexity index is 1470. The molecule has 0 aliphatic carbocycles. The van der Waals surface area contributed by atoms with Crippen molar-refractivity contribution < 1.29 is 29.3 Å². The second kappa shape index (κ2) is 14.0. The molecular formula is C33H35NO6. The third-order valence-electron chi connectivity index (χ3n) is 6.65. The summed E-state index contributed by atoms with van der Waals surface area (Å²) in [7, 11) is 0. The summed E-state index contributed by atoms with van der Waals surface area (Å²) >= 11 is 0. The zero-order chi connectivity index (χ0) is 28.3. The molecule has 0 unspecified atom stereocenters. The Labute approximate surface area is 234 Å². The predicted octanol–water partition coefficient (Wildman–Crippen LogP) is 6.85. The number of aliphatic carboxylic acids is 2. The highest BCUT2D eigenvalue weighted by molar-refractivity contribution is 5.94. The molecule has 7 nitrogen and oxygen atoms in total. The van der Waals surface area contributed by atoms with Crippen LogP contribution in [0, 0.1) is 6.92 Å². The topological polar surface area (TPSA) is 98.0 Å². The van der Waals surface area contributed by atoms with Gasteiger partial charge in [-0.05, 0) is 73.1 Å². The normalized spacial score (nSPS) is 11.2. The van der Waals surface area contributed by atoms with E-state index in [0.29, 0.717) is 26.1 Å². The van der Waals surface area contributed by atoms with Gasteiger partial charge in [0.2, 0.25) is 0 Å². The number of para-hydroxylation sites is 2. The van der Waals surface area contributed by atoms with Gasteiger partial charge in [0.15, 0.2) is 0 Å². The second-order valence-electron chi connectivity index (χ2n) is 9.74. The van der Waals surface area contributed by atoms with Gasteiger partial charge in [0.05, 0.1) is 18.7 Å². The Hall–Kier alpha value is -4.52. The number of unbranched alkanes of at least 4 members (excludes halogenated alkanes) is 1. The highest BCUT2D eigenvalue weighted by Crippen LogP contribution is 2.28. The number of ether oxygens (including phenoxy) is 2. The summed E-state index contributed by atoms with van der Waals surface area (Å²) in [6, 6.07) is 21.7. The fourth-order valence-corrected chi connectivity index (χ4v) is 4.65. The molecular weight excluding hydrogens is 506 g/mol. The van der Waals surface area contributed by atoms with Crippen LogP contribution in [0.3, 0.4) is 0 Å². The monoisotopic (exact) mass is 541 g/mol. The van der Waals surface area contributed by atoms with Gasteiger partial charge in [-0.15, -0.1) is 0 Å². The Morgan fingerprint density at radius 2 is 1.57 bits per heavy atom. The first-order valence-electron chi connectivity index (χ1n) is 13.5. The number of hydrogen-bond donors (Lipinski definition) is 2. The Kier molecular flexibility index (Phi) is 9.99. The number of benzene rings is 3. The van der Waals surface area contributed by atoms with E-state index in [1.54, 1.807) is 4.57 Å². The number of aryl methyl sites for hydroxylation is 2. The van der Waals surface area contributed by atoms with Crippen LogP contribution in [0.4, 0.5) is 0 Å². The van der Waals surface area contributed by atoms with Crippen LogP contribution in [-0.4, -0.2) is 39.9 Å². The van der Waals surface area contributed by atoms with Crippen LogP contribution in [0.25, 0.3) is 23.1 Å². The zero-order valence-electron chi connectivity index (χ0n) is 22.7. The number of fused-ring (bicyclic) bond motifs is 1. The zero-order valence-corrected chi connectivity index (χ0v) is 22.7. The van der Waals surface area contributed by atoms with Crippen molar-refractivity contribution in [2.75, 3.05) is 13.2 Å². The average Bonchev–Trinajstić information content (AvgIpc) is 3.28. The molecule has 4 aromatic rings. The number of aromatic nitrogens is 1. The van der Waals surface area contributed by atoms with Crippen LogP contribution in [0.15, 0.2) is 72.9 Å². The minimum Gasteiger partial charge on any atom is -0.494 e. The van der Waals surface area contributed by atoms with E-state index in [1.807, 2.05) is 92.0 Å². The number of hydrogen-bond acceptors (Lipinski definition) is 4. The molecule has 0 fully saturated rings. The van der Waals surface area contributed by atoms with Gasteiger partial charge in [-0.2, -0.15) is 0 Å². The first-order chi connectivity index (χ1) is 19.4. The maximum Gasteiger partial charge on any atom is 0.323 e. The minimum atomic E-state index is -0.929. The predicted molar refractivity (Wildman–Crippen MR) is 157 cm³/mol. The molecule has 0 saturated carbocycles. The molecule has 7 heteroatoms. The molecule has 0 radical (unpaired) electrons. The van der Waals surface area contributed by atoms with Crippen LogP contribution in [-0.2, 0) is 22.6 Å². The molecule has 2 N–H and O–H groups in total. The van der Waals surface area contributed by atoms with Crippen molar-refractivity contribution in [3.63, 3.8) is 0 Å². The molecule has 0 spiro atoms. The fraction of sp³-hybridized carbons (Fsp3) is 0.273. The third kappa shape index (κ3) is 7.99. The van der Waals surface area contributed by atoms with Gasteiger partial charge in [0.1, 0.15) is 18.0 Å². The van der Waals surface area contributed by atoms with Gasteiger partial charge < -0.3 is 24.3 Å². The molecule has 0 aliphatic heterocycles. The lowest BCUT2D eigenvalue weighted by atomic mass is 10.0.